The highest BCUT2D eigenvalue weighted by molar-refractivity contribution is 6.42. The molecule has 1 N–H and O–H groups in total. The third kappa shape index (κ3) is 5.87. The molecule has 0 heterocycles. The second-order valence-corrected chi connectivity index (χ2v) is 5.07. The molecule has 0 saturated carbocycles. The molecule has 0 saturated heterocycles. The fourth-order valence-electron chi connectivity index (χ4n) is 1.66. The van der Waals surface area contributed by atoms with Crippen LogP contribution in [0.25, 0.3) is 0 Å². The molecule has 2 nitrogen and oxygen atoms in total. The van der Waals surface area contributed by atoms with Crippen molar-refractivity contribution < 1.29 is 17.9 Å². The molecule has 1 atom stereocenters. The minimum atomic E-state index is -4.34. The van der Waals surface area contributed by atoms with Crippen LogP contribution in [0, 0.1) is 0 Å². The van der Waals surface area contributed by atoms with E-state index in [-0.39, 0.29) is 6.61 Å². The van der Waals surface area contributed by atoms with Crippen LogP contribution in [0.5, 0.6) is 0 Å². The van der Waals surface area contributed by atoms with Crippen molar-refractivity contribution in [3.63, 3.8) is 0 Å². The molecule has 0 amide bonds. The third-order valence-electron chi connectivity index (χ3n) is 2.55. The monoisotopic (exact) mass is 329 g/mol. The summed E-state index contributed by atoms with van der Waals surface area (Å²) in [6.07, 6.45) is -3.50. The minimum Gasteiger partial charge on any atom is -0.370 e. The number of hydrogen-bond donors (Lipinski definition) is 1. The first-order valence-corrected chi connectivity index (χ1v) is 6.92. The summed E-state index contributed by atoms with van der Waals surface area (Å²) >= 11 is 12.0. The predicted octanol–water partition coefficient (Wildman–Crippen LogP) is 4.61. The van der Waals surface area contributed by atoms with Gasteiger partial charge in [0.2, 0.25) is 0 Å². The van der Waals surface area contributed by atoms with Crippen LogP contribution in [0.15, 0.2) is 18.2 Å². The number of halogens is 5. The molecule has 7 heteroatoms. The molecular formula is C13H16Cl2F3NO. The summed E-state index contributed by atoms with van der Waals surface area (Å²) in [6.45, 7) is 1.19. The summed E-state index contributed by atoms with van der Waals surface area (Å²) in [7, 11) is 0. The van der Waals surface area contributed by atoms with Gasteiger partial charge >= 0.3 is 6.18 Å². The largest absolute Gasteiger partial charge is 0.411 e. The number of nitrogens with one attached hydrogen (secondary N) is 1. The van der Waals surface area contributed by atoms with Gasteiger partial charge in [0.25, 0.3) is 0 Å². The van der Waals surface area contributed by atoms with Gasteiger partial charge in [0.15, 0.2) is 0 Å². The molecule has 1 rings (SSSR count). The van der Waals surface area contributed by atoms with Crippen LogP contribution in [-0.2, 0) is 4.74 Å². The van der Waals surface area contributed by atoms with Gasteiger partial charge in [0.1, 0.15) is 6.61 Å². The van der Waals surface area contributed by atoms with E-state index >= 15 is 0 Å². The zero-order valence-electron chi connectivity index (χ0n) is 10.9. The number of rotatable bonds is 7. The van der Waals surface area contributed by atoms with E-state index in [1.165, 1.54) is 0 Å². The third-order valence-corrected chi connectivity index (χ3v) is 3.38. The van der Waals surface area contributed by atoms with Crippen LogP contribution in [0.1, 0.15) is 24.9 Å². The lowest BCUT2D eigenvalue weighted by molar-refractivity contribution is -0.175. The normalized spacial score (nSPS) is 13.5. The zero-order chi connectivity index (χ0) is 15.2. The van der Waals surface area contributed by atoms with Gasteiger partial charge < -0.3 is 10.1 Å². The van der Waals surface area contributed by atoms with Crippen molar-refractivity contribution in [2.75, 3.05) is 19.8 Å². The molecule has 1 aromatic carbocycles. The Morgan fingerprint density at radius 3 is 2.60 bits per heavy atom. The Kier molecular flexibility index (Phi) is 7.09. The van der Waals surface area contributed by atoms with E-state index in [0.717, 1.165) is 6.42 Å². The number of hydrogen-bond acceptors (Lipinski definition) is 2. The van der Waals surface area contributed by atoms with Crippen molar-refractivity contribution in [1.29, 1.82) is 0 Å². The average Bonchev–Trinajstić information content (AvgIpc) is 2.36. The summed E-state index contributed by atoms with van der Waals surface area (Å²) in [6, 6.07) is 4.62. The maximum atomic E-state index is 12.1. The SMILES string of the molecule is CCCNC(COCC(F)(F)F)c1cccc(Cl)c1Cl. The standard InChI is InChI=1S/C13H16Cl2F3NO/c1-2-6-19-11(7-20-8-13(16,17)18)9-4-3-5-10(14)12(9)15/h3-5,11,19H,2,6-8H2,1H3. The van der Waals surface area contributed by atoms with Gasteiger partial charge in [-0.25, -0.2) is 0 Å². The van der Waals surface area contributed by atoms with E-state index in [9.17, 15) is 13.2 Å². The number of alkyl halides is 3. The highest BCUT2D eigenvalue weighted by atomic mass is 35.5. The van der Waals surface area contributed by atoms with Gasteiger partial charge in [-0.3, -0.25) is 0 Å². The second kappa shape index (κ2) is 8.08. The Morgan fingerprint density at radius 2 is 2.00 bits per heavy atom. The van der Waals surface area contributed by atoms with Gasteiger partial charge in [-0.05, 0) is 24.6 Å². The van der Waals surface area contributed by atoms with Crippen molar-refractivity contribution in [3.05, 3.63) is 33.8 Å². The fourth-order valence-corrected chi connectivity index (χ4v) is 2.10. The summed E-state index contributed by atoms with van der Waals surface area (Å²) in [5.41, 5.74) is 0.634. The highest BCUT2D eigenvalue weighted by Gasteiger charge is 2.28. The van der Waals surface area contributed by atoms with Crippen molar-refractivity contribution >= 4 is 23.2 Å². The predicted molar refractivity (Wildman–Crippen MR) is 74.4 cm³/mol. The van der Waals surface area contributed by atoms with Crippen molar-refractivity contribution in [2.24, 2.45) is 0 Å². The summed E-state index contributed by atoms with van der Waals surface area (Å²) < 4.78 is 41.1. The van der Waals surface area contributed by atoms with Crippen LogP contribution in [0.2, 0.25) is 10.0 Å². The van der Waals surface area contributed by atoms with E-state index in [1.54, 1.807) is 18.2 Å². The zero-order valence-corrected chi connectivity index (χ0v) is 12.4. The summed E-state index contributed by atoms with van der Waals surface area (Å²) in [4.78, 5) is 0. The van der Waals surface area contributed by atoms with Crippen molar-refractivity contribution in [1.82, 2.24) is 5.32 Å². The molecule has 1 unspecified atom stereocenters. The fraction of sp³-hybridized carbons (Fsp3) is 0.538. The Balaban J connectivity index is 2.75. The van der Waals surface area contributed by atoms with E-state index < -0.39 is 18.8 Å². The lowest BCUT2D eigenvalue weighted by Gasteiger charge is -2.21. The van der Waals surface area contributed by atoms with Crippen molar-refractivity contribution in [2.45, 2.75) is 25.6 Å². The average molecular weight is 330 g/mol. The van der Waals surface area contributed by atoms with Crippen LogP contribution >= 0.6 is 23.2 Å². The first-order valence-electron chi connectivity index (χ1n) is 6.17. The van der Waals surface area contributed by atoms with Crippen LogP contribution in [0.3, 0.4) is 0 Å². The molecule has 0 aliphatic carbocycles. The van der Waals surface area contributed by atoms with Crippen LogP contribution in [-0.4, -0.2) is 25.9 Å². The Hall–Kier alpha value is -0.490. The van der Waals surface area contributed by atoms with Gasteiger partial charge in [-0.1, -0.05) is 42.3 Å². The van der Waals surface area contributed by atoms with E-state index in [4.69, 9.17) is 27.9 Å². The lowest BCUT2D eigenvalue weighted by atomic mass is 10.1. The molecule has 114 valence electrons. The maximum absolute atomic E-state index is 12.1. The molecule has 20 heavy (non-hydrogen) atoms. The van der Waals surface area contributed by atoms with Gasteiger partial charge in [-0.15, -0.1) is 0 Å². The number of ether oxygens (including phenoxy) is 1. The van der Waals surface area contributed by atoms with Crippen LogP contribution in [0.4, 0.5) is 13.2 Å². The van der Waals surface area contributed by atoms with E-state index in [1.807, 2.05) is 6.92 Å². The van der Waals surface area contributed by atoms with Gasteiger partial charge in [0, 0.05) is 0 Å². The molecule has 0 fully saturated rings. The maximum Gasteiger partial charge on any atom is 0.411 e. The molecule has 0 bridgehead atoms. The van der Waals surface area contributed by atoms with Gasteiger partial charge in [-0.2, -0.15) is 13.2 Å². The molecule has 0 aromatic heterocycles. The molecule has 1 aromatic rings. The Labute approximate surface area is 126 Å². The quantitative estimate of drug-likeness (QED) is 0.788. The molecule has 0 radical (unpaired) electrons. The second-order valence-electron chi connectivity index (χ2n) is 4.28. The number of benzene rings is 1. The van der Waals surface area contributed by atoms with Crippen LogP contribution < -0.4 is 5.32 Å². The molecule has 0 aliphatic heterocycles. The van der Waals surface area contributed by atoms with E-state index in [2.05, 4.69) is 5.32 Å². The summed E-state index contributed by atoms with van der Waals surface area (Å²) in [5.74, 6) is 0. The van der Waals surface area contributed by atoms with Gasteiger partial charge in [0.05, 0.1) is 22.7 Å². The highest BCUT2D eigenvalue weighted by Crippen LogP contribution is 2.30. The summed E-state index contributed by atoms with van der Waals surface area (Å²) in [5, 5.41) is 3.80. The molecule has 0 aliphatic rings. The molecule has 0 spiro atoms. The Bertz CT molecular complexity index is 427. The Morgan fingerprint density at radius 1 is 1.30 bits per heavy atom. The lowest BCUT2D eigenvalue weighted by Crippen LogP contribution is -2.29. The van der Waals surface area contributed by atoms with E-state index in [0.29, 0.717) is 22.2 Å². The molecular weight excluding hydrogens is 314 g/mol. The minimum absolute atomic E-state index is 0.125. The smallest absolute Gasteiger partial charge is 0.370 e. The topological polar surface area (TPSA) is 21.3 Å². The first kappa shape index (κ1) is 17.6. The van der Waals surface area contributed by atoms with Crippen molar-refractivity contribution in [3.8, 4) is 0 Å². The first-order chi connectivity index (χ1) is 9.35.